The van der Waals surface area contributed by atoms with E-state index in [1.54, 1.807) is 6.08 Å². The zero-order chi connectivity index (χ0) is 58.8. The minimum absolute atomic E-state index is 0.233. The van der Waals surface area contributed by atoms with Crippen molar-refractivity contribution in [3.63, 3.8) is 0 Å². The van der Waals surface area contributed by atoms with E-state index in [9.17, 15) is 45.6 Å². The average molecular weight is 1160 g/mol. The summed E-state index contributed by atoms with van der Waals surface area (Å²) in [5.41, 5.74) is 0. The van der Waals surface area contributed by atoms with Gasteiger partial charge < -0.3 is 65.1 Å². The van der Waals surface area contributed by atoms with E-state index in [1.807, 2.05) is 6.08 Å². The number of rotatable bonds is 57. The Bertz CT molecular complexity index is 1410. The number of aliphatic hydroxyl groups excluding tert-OH is 8. The fraction of sp³-hybridized carbons (Fsp3) is 0.955. The molecular formula is C67H129NO13. The van der Waals surface area contributed by atoms with Crippen LogP contribution in [0.25, 0.3) is 0 Å². The molecule has 0 bridgehead atoms. The number of carbonyl (C=O) groups excluding carboxylic acids is 1. The number of aliphatic hydroxyl groups is 8. The van der Waals surface area contributed by atoms with Gasteiger partial charge in [0.1, 0.15) is 48.8 Å². The zero-order valence-corrected chi connectivity index (χ0v) is 52.1. The second kappa shape index (κ2) is 53.0. The van der Waals surface area contributed by atoms with Crippen molar-refractivity contribution >= 4 is 5.91 Å². The molecule has 9 N–H and O–H groups in total. The van der Waals surface area contributed by atoms with Gasteiger partial charge in [0.2, 0.25) is 5.91 Å². The molecule has 0 aliphatic carbocycles. The molecule has 0 spiro atoms. The summed E-state index contributed by atoms with van der Waals surface area (Å²) in [7, 11) is 0. The predicted molar refractivity (Wildman–Crippen MR) is 328 cm³/mol. The first-order chi connectivity index (χ1) is 39.6. The van der Waals surface area contributed by atoms with Gasteiger partial charge in [-0.15, -0.1) is 0 Å². The topological polar surface area (TPSA) is 228 Å². The Morgan fingerprint density at radius 3 is 1.14 bits per heavy atom. The fourth-order valence-corrected chi connectivity index (χ4v) is 11.7. The van der Waals surface area contributed by atoms with E-state index < -0.39 is 86.8 Å². The second-order valence-electron chi connectivity index (χ2n) is 24.7. The van der Waals surface area contributed by atoms with Gasteiger partial charge in [-0.3, -0.25) is 4.79 Å². The molecule has 2 saturated heterocycles. The van der Waals surface area contributed by atoms with E-state index >= 15 is 0 Å². The molecule has 0 radical (unpaired) electrons. The Kier molecular flexibility index (Phi) is 49.6. The molecular weight excluding hydrogens is 1030 g/mol. The van der Waals surface area contributed by atoms with Crippen LogP contribution in [0.1, 0.15) is 316 Å². The summed E-state index contributed by atoms with van der Waals surface area (Å²) in [6, 6.07) is -0.909. The molecule has 2 heterocycles. The van der Waals surface area contributed by atoms with Gasteiger partial charge in [-0.05, 0) is 19.3 Å². The summed E-state index contributed by atoms with van der Waals surface area (Å²) in [6.07, 6.45) is 47.2. The molecule has 14 heteroatoms. The summed E-state index contributed by atoms with van der Waals surface area (Å²) in [5.74, 6) is -0.233. The van der Waals surface area contributed by atoms with Gasteiger partial charge in [0.05, 0.1) is 32.0 Å². The van der Waals surface area contributed by atoms with E-state index in [1.165, 1.54) is 250 Å². The van der Waals surface area contributed by atoms with Gasteiger partial charge in [0.25, 0.3) is 0 Å². The van der Waals surface area contributed by atoms with Crippen molar-refractivity contribution in [3.8, 4) is 0 Å². The lowest BCUT2D eigenvalue weighted by atomic mass is 9.97. The van der Waals surface area contributed by atoms with Crippen LogP contribution in [0.2, 0.25) is 0 Å². The lowest BCUT2D eigenvalue weighted by molar-refractivity contribution is -0.359. The highest BCUT2D eigenvalue weighted by molar-refractivity contribution is 5.76. The van der Waals surface area contributed by atoms with Gasteiger partial charge in [0, 0.05) is 6.42 Å². The molecule has 2 rings (SSSR count). The maximum atomic E-state index is 13.3. The largest absolute Gasteiger partial charge is 0.394 e. The molecule has 0 aromatic carbocycles. The molecule has 0 aromatic rings. The first kappa shape index (κ1) is 75.8. The van der Waals surface area contributed by atoms with Crippen molar-refractivity contribution in [1.29, 1.82) is 0 Å². The summed E-state index contributed by atoms with van der Waals surface area (Å²) < 4.78 is 22.8. The fourth-order valence-electron chi connectivity index (χ4n) is 11.7. The number of hydrogen-bond donors (Lipinski definition) is 9. The minimum Gasteiger partial charge on any atom is -0.394 e. The van der Waals surface area contributed by atoms with Gasteiger partial charge in [-0.25, -0.2) is 0 Å². The molecule has 2 aliphatic rings. The van der Waals surface area contributed by atoms with E-state index in [0.717, 1.165) is 38.5 Å². The van der Waals surface area contributed by atoms with Crippen molar-refractivity contribution in [2.45, 2.75) is 389 Å². The SMILES string of the molecule is CCCCCCCCCCCCC/C=C/[C@@H](O)[C@H](CO[C@@H]1O[C@H](CO)[C@@H](O[C@@H]2O[C@H](CO)[C@H](O)C(O)C2O)C(O)C1O)NC(=O)CCCCCCCCCCCCCCCCCCCCCCCCCCCCCCCCCCCC. The molecule has 0 saturated carbocycles. The maximum absolute atomic E-state index is 13.3. The number of hydrogen-bond acceptors (Lipinski definition) is 13. The molecule has 4 unspecified atom stereocenters. The lowest BCUT2D eigenvalue weighted by Gasteiger charge is -2.46. The van der Waals surface area contributed by atoms with Crippen LogP contribution in [0.5, 0.6) is 0 Å². The second-order valence-corrected chi connectivity index (χ2v) is 24.7. The van der Waals surface area contributed by atoms with Crippen LogP contribution in [-0.2, 0) is 23.7 Å². The normalized spacial score (nSPS) is 24.1. The highest BCUT2D eigenvalue weighted by atomic mass is 16.7. The Hall–Kier alpha value is -1.27. The van der Waals surface area contributed by atoms with Crippen molar-refractivity contribution in [2.75, 3.05) is 19.8 Å². The maximum Gasteiger partial charge on any atom is 0.220 e. The number of carbonyl (C=O) groups is 1. The van der Waals surface area contributed by atoms with Crippen LogP contribution in [0.3, 0.4) is 0 Å². The third kappa shape index (κ3) is 37.8. The number of nitrogens with one attached hydrogen (secondary N) is 1. The average Bonchev–Trinajstić information content (AvgIpc) is 3.63. The van der Waals surface area contributed by atoms with Gasteiger partial charge >= 0.3 is 0 Å². The summed E-state index contributed by atoms with van der Waals surface area (Å²) >= 11 is 0. The van der Waals surface area contributed by atoms with Gasteiger partial charge in [-0.2, -0.15) is 0 Å². The number of ether oxygens (including phenoxy) is 4. The first-order valence-electron chi connectivity index (χ1n) is 34.4. The standard InChI is InChI=1S/C67H129NO13/c1-3-5-7-9-11-13-15-17-18-19-20-21-22-23-24-25-26-27-28-29-30-31-32-33-34-35-36-37-39-41-43-45-47-49-51-59(72)68-55(56(71)50-48-46-44-42-40-38-16-14-12-10-8-6-4-2)54-78-66-64(77)62(75)65(58(53-70)80-66)81-67-63(76)61(74)60(73)57(52-69)79-67/h48,50,55-58,60-67,69-71,73-77H,3-47,49,51-54H2,1-2H3,(H,68,72)/b50-48+/t55-,56+,57+,58+,60-,61?,62?,63?,64?,65+,66+,67-/m0/s1. The summed E-state index contributed by atoms with van der Waals surface area (Å²) in [5, 5.41) is 87.2. The zero-order valence-electron chi connectivity index (χ0n) is 52.1. The molecule has 2 fully saturated rings. The number of allylic oxidation sites excluding steroid dienone is 1. The molecule has 81 heavy (non-hydrogen) atoms. The summed E-state index contributed by atoms with van der Waals surface area (Å²) in [4.78, 5) is 13.3. The van der Waals surface area contributed by atoms with Crippen LogP contribution in [-0.4, -0.2) is 140 Å². The van der Waals surface area contributed by atoms with Crippen molar-refractivity contribution < 1.29 is 64.6 Å². The Morgan fingerprint density at radius 2 is 0.765 bits per heavy atom. The Labute approximate surface area is 495 Å². The first-order valence-corrected chi connectivity index (χ1v) is 34.4. The van der Waals surface area contributed by atoms with Gasteiger partial charge in [-0.1, -0.05) is 302 Å². The third-order valence-electron chi connectivity index (χ3n) is 17.2. The molecule has 1 amide bonds. The van der Waals surface area contributed by atoms with E-state index in [2.05, 4.69) is 19.2 Å². The van der Waals surface area contributed by atoms with Gasteiger partial charge in [0.15, 0.2) is 12.6 Å². The van der Waals surface area contributed by atoms with E-state index in [4.69, 9.17) is 18.9 Å². The van der Waals surface area contributed by atoms with Crippen LogP contribution in [0.15, 0.2) is 12.2 Å². The molecule has 12 atom stereocenters. The van der Waals surface area contributed by atoms with Crippen LogP contribution < -0.4 is 5.32 Å². The Balaban J connectivity index is 1.59. The van der Waals surface area contributed by atoms with Crippen molar-refractivity contribution in [3.05, 3.63) is 12.2 Å². The number of unbranched alkanes of at least 4 members (excludes halogenated alkanes) is 44. The third-order valence-corrected chi connectivity index (χ3v) is 17.2. The van der Waals surface area contributed by atoms with Crippen LogP contribution >= 0.6 is 0 Å². The number of amides is 1. The molecule has 480 valence electrons. The molecule has 2 aliphatic heterocycles. The van der Waals surface area contributed by atoms with Crippen molar-refractivity contribution in [1.82, 2.24) is 5.32 Å². The van der Waals surface area contributed by atoms with E-state index in [0.29, 0.717) is 6.42 Å². The summed E-state index contributed by atoms with van der Waals surface area (Å²) in [6.45, 7) is 2.83. The van der Waals surface area contributed by atoms with E-state index in [-0.39, 0.29) is 18.9 Å². The van der Waals surface area contributed by atoms with Crippen LogP contribution in [0, 0.1) is 0 Å². The highest BCUT2D eigenvalue weighted by Crippen LogP contribution is 2.30. The van der Waals surface area contributed by atoms with Crippen molar-refractivity contribution in [2.24, 2.45) is 0 Å². The molecule has 0 aromatic heterocycles. The highest BCUT2D eigenvalue weighted by Gasteiger charge is 2.51. The lowest BCUT2D eigenvalue weighted by Crippen LogP contribution is -2.65. The smallest absolute Gasteiger partial charge is 0.220 e. The predicted octanol–water partition coefficient (Wildman–Crippen LogP) is 13.4. The van der Waals surface area contributed by atoms with Crippen LogP contribution in [0.4, 0.5) is 0 Å². The molecule has 14 nitrogen and oxygen atoms in total. The quantitative estimate of drug-likeness (QED) is 0.0204. The monoisotopic (exact) mass is 1160 g/mol. The minimum atomic E-state index is -1.79. The Morgan fingerprint density at radius 1 is 0.432 bits per heavy atom.